The summed E-state index contributed by atoms with van der Waals surface area (Å²) in [5.74, 6) is 0.0186. The van der Waals surface area contributed by atoms with Crippen LogP contribution in [0.2, 0.25) is 5.02 Å². The fourth-order valence-electron chi connectivity index (χ4n) is 4.51. The van der Waals surface area contributed by atoms with Gasteiger partial charge in [0.05, 0.1) is 28.8 Å². The molecule has 176 valence electrons. The van der Waals surface area contributed by atoms with E-state index < -0.39 is 5.95 Å². The lowest BCUT2D eigenvalue weighted by molar-refractivity contribution is 0.188. The van der Waals surface area contributed by atoms with E-state index in [9.17, 15) is 9.65 Å². The van der Waals surface area contributed by atoms with E-state index in [4.69, 9.17) is 16.3 Å². The number of aromatic nitrogens is 2. The number of rotatable bonds is 10. The van der Waals surface area contributed by atoms with Crippen LogP contribution in [-0.4, -0.2) is 42.8 Å². The summed E-state index contributed by atoms with van der Waals surface area (Å²) in [4.78, 5) is 8.48. The van der Waals surface area contributed by atoms with E-state index in [0.717, 1.165) is 74.9 Å². The second-order valence-electron chi connectivity index (χ2n) is 9.33. The van der Waals surface area contributed by atoms with Gasteiger partial charge in [0.1, 0.15) is 0 Å². The van der Waals surface area contributed by atoms with Crippen LogP contribution < -0.4 is 10.6 Å². The van der Waals surface area contributed by atoms with E-state index in [-0.39, 0.29) is 5.41 Å². The highest BCUT2D eigenvalue weighted by molar-refractivity contribution is 6.33. The van der Waals surface area contributed by atoms with Gasteiger partial charge in [0.2, 0.25) is 5.95 Å². The number of pyridine rings is 2. The Labute approximate surface area is 199 Å². The van der Waals surface area contributed by atoms with Crippen LogP contribution in [0.1, 0.15) is 44.2 Å². The number of methoxy groups -OCH3 is 1. The molecule has 4 rings (SSSR count). The summed E-state index contributed by atoms with van der Waals surface area (Å²) >= 11 is 6.46. The number of nitriles is 1. The summed E-state index contributed by atoms with van der Waals surface area (Å²) < 4.78 is 19.4. The first kappa shape index (κ1) is 23.9. The summed E-state index contributed by atoms with van der Waals surface area (Å²) in [5.41, 5.74) is 2.45. The molecule has 0 spiro atoms. The van der Waals surface area contributed by atoms with Crippen LogP contribution in [0.4, 0.5) is 10.1 Å². The van der Waals surface area contributed by atoms with Crippen molar-refractivity contribution in [2.45, 2.75) is 51.0 Å². The molecule has 0 amide bonds. The van der Waals surface area contributed by atoms with Gasteiger partial charge in [0.25, 0.3) is 0 Å². The second-order valence-corrected chi connectivity index (χ2v) is 9.74. The standard InChI is InChI=1S/C25H31ClFN5O/c1-33-9-8-29-19-4-2-17(3-5-19)10-20-12-21(22(26)14-30-20)18-11-23(24(27)31-13-18)32-16-25(15-28)6-7-25/h11-14,17,19,29,32H,2-10,16H2,1H3. The van der Waals surface area contributed by atoms with Crippen molar-refractivity contribution in [3.8, 4) is 17.2 Å². The molecule has 2 aromatic rings. The maximum absolute atomic E-state index is 14.3. The van der Waals surface area contributed by atoms with E-state index in [0.29, 0.717) is 29.2 Å². The molecule has 2 aromatic heterocycles. The van der Waals surface area contributed by atoms with Gasteiger partial charge in [-0.3, -0.25) is 4.98 Å². The number of ether oxygens (including phenoxy) is 1. The lowest BCUT2D eigenvalue weighted by atomic mass is 9.83. The minimum atomic E-state index is -0.575. The van der Waals surface area contributed by atoms with Crippen molar-refractivity contribution < 1.29 is 9.13 Å². The quantitative estimate of drug-likeness (QED) is 0.375. The van der Waals surface area contributed by atoms with Crippen LogP contribution in [0.5, 0.6) is 0 Å². The third-order valence-corrected chi connectivity index (χ3v) is 7.15. The minimum absolute atomic E-state index is 0.294. The van der Waals surface area contributed by atoms with E-state index in [2.05, 4.69) is 26.7 Å². The number of hydrogen-bond acceptors (Lipinski definition) is 6. The van der Waals surface area contributed by atoms with Crippen molar-refractivity contribution in [2.24, 2.45) is 11.3 Å². The number of nitrogens with zero attached hydrogens (tertiary/aromatic N) is 3. The molecule has 8 heteroatoms. The lowest BCUT2D eigenvalue weighted by Crippen LogP contribution is -2.35. The Morgan fingerprint density at radius 1 is 1.21 bits per heavy atom. The highest BCUT2D eigenvalue weighted by Gasteiger charge is 2.43. The third kappa shape index (κ3) is 6.20. The van der Waals surface area contributed by atoms with E-state index >= 15 is 0 Å². The van der Waals surface area contributed by atoms with Crippen LogP contribution in [0.3, 0.4) is 0 Å². The molecule has 2 fully saturated rings. The normalized spacial score (nSPS) is 21.4. The van der Waals surface area contributed by atoms with Gasteiger partial charge in [-0.15, -0.1) is 0 Å². The first-order chi connectivity index (χ1) is 16.0. The maximum atomic E-state index is 14.3. The Bertz CT molecular complexity index is 999. The molecule has 2 heterocycles. The summed E-state index contributed by atoms with van der Waals surface area (Å²) in [7, 11) is 1.73. The van der Waals surface area contributed by atoms with Crippen LogP contribution in [-0.2, 0) is 11.2 Å². The monoisotopic (exact) mass is 471 g/mol. The molecule has 0 aromatic carbocycles. The van der Waals surface area contributed by atoms with E-state index in [1.54, 1.807) is 19.4 Å². The summed E-state index contributed by atoms with van der Waals surface area (Å²) in [6.45, 7) is 2.06. The van der Waals surface area contributed by atoms with Gasteiger partial charge in [0.15, 0.2) is 0 Å². The minimum Gasteiger partial charge on any atom is -0.383 e. The second kappa shape index (κ2) is 10.8. The molecule has 33 heavy (non-hydrogen) atoms. The average molecular weight is 472 g/mol. The highest BCUT2D eigenvalue weighted by atomic mass is 35.5. The molecule has 0 radical (unpaired) electrons. The summed E-state index contributed by atoms with van der Waals surface area (Å²) in [5, 5.41) is 16.4. The highest BCUT2D eigenvalue weighted by Crippen LogP contribution is 2.45. The molecular formula is C25H31ClFN5O. The first-order valence-electron chi connectivity index (χ1n) is 11.7. The molecule has 0 aliphatic heterocycles. The van der Waals surface area contributed by atoms with Crippen LogP contribution in [0.25, 0.3) is 11.1 Å². The van der Waals surface area contributed by atoms with Gasteiger partial charge in [-0.05, 0) is 63.0 Å². The van der Waals surface area contributed by atoms with Crippen LogP contribution in [0.15, 0.2) is 24.5 Å². The first-order valence-corrected chi connectivity index (χ1v) is 12.1. The van der Waals surface area contributed by atoms with Crippen molar-refractivity contribution in [1.29, 1.82) is 5.26 Å². The number of halogens is 2. The molecule has 2 saturated carbocycles. The number of hydrogen-bond donors (Lipinski definition) is 2. The molecule has 2 N–H and O–H groups in total. The maximum Gasteiger partial charge on any atom is 0.236 e. The topological polar surface area (TPSA) is 82.9 Å². The van der Waals surface area contributed by atoms with Gasteiger partial charge in [-0.2, -0.15) is 9.65 Å². The Kier molecular flexibility index (Phi) is 7.79. The molecule has 0 unspecified atom stereocenters. The zero-order valence-electron chi connectivity index (χ0n) is 19.0. The van der Waals surface area contributed by atoms with Crippen molar-refractivity contribution >= 4 is 17.3 Å². The van der Waals surface area contributed by atoms with Gasteiger partial charge >= 0.3 is 0 Å². The third-order valence-electron chi connectivity index (χ3n) is 6.85. The Hall–Kier alpha value is -2.27. The van der Waals surface area contributed by atoms with Crippen LogP contribution >= 0.6 is 11.6 Å². The molecular weight excluding hydrogens is 441 g/mol. The van der Waals surface area contributed by atoms with Crippen molar-refractivity contribution in [2.75, 3.05) is 32.1 Å². The Morgan fingerprint density at radius 3 is 2.70 bits per heavy atom. The van der Waals surface area contributed by atoms with E-state index in [1.807, 2.05) is 6.07 Å². The SMILES string of the molecule is COCCNC1CCC(Cc2cc(-c3cnc(F)c(NCC4(C#N)CC4)c3)c(Cl)cn2)CC1. The molecule has 2 aliphatic rings. The van der Waals surface area contributed by atoms with Crippen molar-refractivity contribution in [3.63, 3.8) is 0 Å². The predicted molar refractivity (Wildman–Crippen MR) is 128 cm³/mol. The molecule has 2 aliphatic carbocycles. The molecule has 6 nitrogen and oxygen atoms in total. The molecule has 0 saturated heterocycles. The smallest absolute Gasteiger partial charge is 0.236 e. The summed E-state index contributed by atoms with van der Waals surface area (Å²) in [6, 6.07) is 6.60. The number of anilines is 1. The fraction of sp³-hybridized carbons (Fsp3) is 0.560. The van der Waals surface area contributed by atoms with Gasteiger partial charge in [-0.25, -0.2) is 4.98 Å². The molecule has 0 atom stereocenters. The lowest BCUT2D eigenvalue weighted by Gasteiger charge is -2.29. The average Bonchev–Trinajstić information content (AvgIpc) is 3.62. The Balaban J connectivity index is 1.40. The van der Waals surface area contributed by atoms with Crippen molar-refractivity contribution in [1.82, 2.24) is 15.3 Å². The summed E-state index contributed by atoms with van der Waals surface area (Å²) in [6.07, 6.45) is 10.4. The van der Waals surface area contributed by atoms with Gasteiger partial charge < -0.3 is 15.4 Å². The largest absolute Gasteiger partial charge is 0.383 e. The predicted octanol–water partition coefficient (Wildman–Crippen LogP) is 4.99. The fourth-order valence-corrected chi connectivity index (χ4v) is 4.72. The zero-order valence-corrected chi connectivity index (χ0v) is 19.8. The van der Waals surface area contributed by atoms with E-state index in [1.165, 1.54) is 6.20 Å². The zero-order chi connectivity index (χ0) is 23.3. The van der Waals surface area contributed by atoms with Gasteiger partial charge in [-0.1, -0.05) is 11.6 Å². The van der Waals surface area contributed by atoms with Gasteiger partial charge in [0, 0.05) is 55.5 Å². The van der Waals surface area contributed by atoms with Crippen molar-refractivity contribution in [3.05, 3.63) is 41.2 Å². The Morgan fingerprint density at radius 2 is 2.00 bits per heavy atom. The number of nitrogens with one attached hydrogen (secondary N) is 2. The van der Waals surface area contributed by atoms with Crippen LogP contribution in [0, 0.1) is 28.6 Å². The molecule has 0 bridgehead atoms.